The highest BCUT2D eigenvalue weighted by Gasteiger charge is 2.25. The summed E-state index contributed by atoms with van der Waals surface area (Å²) in [6, 6.07) is 4.69. The number of aromatic hydroxyl groups is 1. The van der Waals surface area contributed by atoms with Gasteiger partial charge in [0.15, 0.2) is 11.5 Å². The van der Waals surface area contributed by atoms with E-state index in [9.17, 15) is 14.7 Å². The third-order valence-electron chi connectivity index (χ3n) is 2.77. The van der Waals surface area contributed by atoms with E-state index in [0.29, 0.717) is 13.1 Å². The second-order valence-corrected chi connectivity index (χ2v) is 3.93. The number of benzene rings is 1. The predicted octanol–water partition coefficient (Wildman–Crippen LogP) is -0.0272. The highest BCUT2D eigenvalue weighted by atomic mass is 16.5. The molecule has 0 bridgehead atoms. The number of nitrogens with one attached hydrogen (secondary N) is 1. The fraction of sp³-hybridized carbons (Fsp3) is 0.333. The third-order valence-corrected chi connectivity index (χ3v) is 2.77. The van der Waals surface area contributed by atoms with E-state index >= 15 is 0 Å². The van der Waals surface area contributed by atoms with Crippen LogP contribution < -0.4 is 10.1 Å². The fourth-order valence-electron chi connectivity index (χ4n) is 1.84. The Labute approximate surface area is 104 Å². The summed E-state index contributed by atoms with van der Waals surface area (Å²) in [7, 11) is 1.41. The van der Waals surface area contributed by atoms with Crippen molar-refractivity contribution in [1.29, 1.82) is 0 Å². The standard InChI is InChI=1S/C12H14N2O4/c1-18-9-4-2-3-8(11(9)16)12(17)14-6-5-13-10(15)7-14/h2-4,16H,5-7H2,1H3,(H,13,15). The minimum atomic E-state index is -0.374. The fourth-order valence-corrected chi connectivity index (χ4v) is 1.84. The molecular formula is C12H14N2O4. The van der Waals surface area contributed by atoms with Crippen molar-refractivity contribution < 1.29 is 19.4 Å². The van der Waals surface area contributed by atoms with Gasteiger partial charge in [0.1, 0.15) is 0 Å². The molecule has 96 valence electrons. The minimum absolute atomic E-state index is 0.00941. The maximum absolute atomic E-state index is 12.2. The van der Waals surface area contributed by atoms with Crippen LogP contribution in [0.2, 0.25) is 0 Å². The maximum atomic E-state index is 12.2. The normalized spacial score (nSPS) is 15.2. The number of amides is 2. The van der Waals surface area contributed by atoms with Gasteiger partial charge in [0.2, 0.25) is 5.91 Å². The summed E-state index contributed by atoms with van der Waals surface area (Å²) in [6.45, 7) is 0.867. The van der Waals surface area contributed by atoms with Crippen molar-refractivity contribution in [1.82, 2.24) is 10.2 Å². The third kappa shape index (κ3) is 2.22. The van der Waals surface area contributed by atoms with Gasteiger partial charge < -0.3 is 20.1 Å². The lowest BCUT2D eigenvalue weighted by atomic mass is 10.1. The molecule has 0 saturated carbocycles. The summed E-state index contributed by atoms with van der Waals surface area (Å²) < 4.78 is 4.94. The monoisotopic (exact) mass is 250 g/mol. The molecule has 6 heteroatoms. The first kappa shape index (κ1) is 12.2. The van der Waals surface area contributed by atoms with Crippen LogP contribution in [0.3, 0.4) is 0 Å². The van der Waals surface area contributed by atoms with Crippen molar-refractivity contribution in [3.63, 3.8) is 0 Å². The number of piperazine rings is 1. The molecule has 6 nitrogen and oxygen atoms in total. The first-order valence-corrected chi connectivity index (χ1v) is 5.55. The molecular weight excluding hydrogens is 236 g/mol. The van der Waals surface area contributed by atoms with Crippen LogP contribution in [0.25, 0.3) is 0 Å². The Morgan fingerprint density at radius 1 is 1.50 bits per heavy atom. The lowest BCUT2D eigenvalue weighted by Crippen LogP contribution is -2.49. The van der Waals surface area contributed by atoms with Crippen LogP contribution in [0.5, 0.6) is 11.5 Å². The van der Waals surface area contributed by atoms with E-state index in [2.05, 4.69) is 5.32 Å². The summed E-state index contributed by atoms with van der Waals surface area (Å²) in [5, 5.41) is 12.5. The van der Waals surface area contributed by atoms with Gasteiger partial charge in [-0.15, -0.1) is 0 Å². The maximum Gasteiger partial charge on any atom is 0.258 e. The zero-order chi connectivity index (χ0) is 13.1. The van der Waals surface area contributed by atoms with Crippen LogP contribution >= 0.6 is 0 Å². The smallest absolute Gasteiger partial charge is 0.258 e. The van der Waals surface area contributed by atoms with E-state index in [1.165, 1.54) is 18.1 Å². The molecule has 1 aliphatic rings. The van der Waals surface area contributed by atoms with Crippen LogP contribution in [0.4, 0.5) is 0 Å². The molecule has 0 unspecified atom stereocenters. The van der Waals surface area contributed by atoms with E-state index in [1.807, 2.05) is 0 Å². The highest BCUT2D eigenvalue weighted by Crippen LogP contribution is 2.30. The number of para-hydroxylation sites is 1. The van der Waals surface area contributed by atoms with Gasteiger partial charge in [0.05, 0.1) is 19.2 Å². The molecule has 2 rings (SSSR count). The molecule has 1 fully saturated rings. The largest absolute Gasteiger partial charge is 0.504 e. The van der Waals surface area contributed by atoms with Gasteiger partial charge in [-0.2, -0.15) is 0 Å². The second kappa shape index (κ2) is 4.95. The first-order valence-electron chi connectivity index (χ1n) is 5.55. The van der Waals surface area contributed by atoms with Gasteiger partial charge in [-0.25, -0.2) is 0 Å². The molecule has 1 aliphatic heterocycles. The number of carbonyl (C=O) groups excluding carboxylic acids is 2. The molecule has 0 spiro atoms. The molecule has 1 saturated heterocycles. The van der Waals surface area contributed by atoms with Crippen molar-refractivity contribution in [3.05, 3.63) is 23.8 Å². The number of nitrogens with zero attached hydrogens (tertiary/aromatic N) is 1. The molecule has 2 N–H and O–H groups in total. The number of carbonyl (C=O) groups is 2. The quantitative estimate of drug-likeness (QED) is 0.772. The Hall–Kier alpha value is -2.24. The summed E-state index contributed by atoms with van der Waals surface area (Å²) >= 11 is 0. The Kier molecular flexibility index (Phi) is 3.36. The Bertz CT molecular complexity index is 487. The molecule has 1 heterocycles. The topological polar surface area (TPSA) is 78.9 Å². The van der Waals surface area contributed by atoms with E-state index in [1.54, 1.807) is 12.1 Å². The van der Waals surface area contributed by atoms with Gasteiger partial charge in [0, 0.05) is 13.1 Å². The lowest BCUT2D eigenvalue weighted by Gasteiger charge is -2.27. The minimum Gasteiger partial charge on any atom is -0.504 e. The molecule has 1 aromatic carbocycles. The zero-order valence-corrected chi connectivity index (χ0v) is 9.97. The summed E-state index contributed by atoms with van der Waals surface area (Å²) in [5.74, 6) is -0.531. The summed E-state index contributed by atoms with van der Waals surface area (Å²) in [5.41, 5.74) is 0.143. The van der Waals surface area contributed by atoms with E-state index in [0.717, 1.165) is 0 Å². The Morgan fingerprint density at radius 3 is 2.94 bits per heavy atom. The number of methoxy groups -OCH3 is 1. The number of phenolic OH excluding ortho intramolecular Hbond substituents is 1. The van der Waals surface area contributed by atoms with E-state index < -0.39 is 0 Å². The molecule has 0 radical (unpaired) electrons. The van der Waals surface area contributed by atoms with Crippen molar-refractivity contribution in [2.75, 3.05) is 26.7 Å². The van der Waals surface area contributed by atoms with Crippen LogP contribution in [-0.2, 0) is 4.79 Å². The molecule has 0 atom stereocenters. The number of hydrogen-bond acceptors (Lipinski definition) is 4. The van der Waals surface area contributed by atoms with Gasteiger partial charge in [0.25, 0.3) is 5.91 Å². The van der Waals surface area contributed by atoms with Crippen LogP contribution in [-0.4, -0.2) is 48.6 Å². The zero-order valence-electron chi connectivity index (χ0n) is 9.97. The van der Waals surface area contributed by atoms with Crippen molar-refractivity contribution in [2.24, 2.45) is 0 Å². The first-order chi connectivity index (χ1) is 8.63. The van der Waals surface area contributed by atoms with E-state index in [4.69, 9.17) is 4.74 Å². The molecule has 0 aliphatic carbocycles. The van der Waals surface area contributed by atoms with Crippen molar-refractivity contribution >= 4 is 11.8 Å². The second-order valence-electron chi connectivity index (χ2n) is 3.93. The molecule has 2 amide bonds. The number of ether oxygens (including phenoxy) is 1. The van der Waals surface area contributed by atoms with Gasteiger partial charge >= 0.3 is 0 Å². The summed E-state index contributed by atoms with van der Waals surface area (Å²) in [6.07, 6.45) is 0. The van der Waals surface area contributed by atoms with E-state index in [-0.39, 0.29) is 35.4 Å². The van der Waals surface area contributed by atoms with Gasteiger partial charge in [-0.1, -0.05) is 6.07 Å². The van der Waals surface area contributed by atoms with Crippen LogP contribution in [0.1, 0.15) is 10.4 Å². The average Bonchev–Trinajstić information content (AvgIpc) is 2.38. The van der Waals surface area contributed by atoms with Crippen molar-refractivity contribution in [3.8, 4) is 11.5 Å². The SMILES string of the molecule is COc1cccc(C(=O)N2CCNC(=O)C2)c1O. The van der Waals surface area contributed by atoms with Crippen LogP contribution in [0, 0.1) is 0 Å². The Balaban J connectivity index is 2.25. The summed E-state index contributed by atoms with van der Waals surface area (Å²) in [4.78, 5) is 24.8. The number of rotatable bonds is 2. The average molecular weight is 250 g/mol. The van der Waals surface area contributed by atoms with Gasteiger partial charge in [-0.3, -0.25) is 9.59 Å². The molecule has 1 aromatic rings. The number of hydrogen-bond donors (Lipinski definition) is 2. The number of phenols is 1. The van der Waals surface area contributed by atoms with Crippen molar-refractivity contribution in [2.45, 2.75) is 0 Å². The lowest BCUT2D eigenvalue weighted by molar-refractivity contribution is -0.123. The molecule has 0 aromatic heterocycles. The molecule has 18 heavy (non-hydrogen) atoms. The highest BCUT2D eigenvalue weighted by molar-refractivity contribution is 5.99. The predicted molar refractivity (Wildman–Crippen MR) is 63.6 cm³/mol. The Morgan fingerprint density at radius 2 is 2.28 bits per heavy atom. The van der Waals surface area contributed by atoms with Crippen LogP contribution in [0.15, 0.2) is 18.2 Å². The van der Waals surface area contributed by atoms with Gasteiger partial charge in [-0.05, 0) is 12.1 Å².